The van der Waals surface area contributed by atoms with E-state index in [9.17, 15) is 5.26 Å². The Labute approximate surface area is 320 Å². The first kappa shape index (κ1) is 30.3. The van der Waals surface area contributed by atoms with Crippen molar-refractivity contribution in [1.82, 2.24) is 14.5 Å². The summed E-state index contributed by atoms with van der Waals surface area (Å²) in [5.74, 6) is 1.62. The monoisotopic (exact) mass is 721 g/mol. The third-order valence-corrected chi connectivity index (χ3v) is 12.5. The van der Waals surface area contributed by atoms with Crippen LogP contribution in [0, 0.1) is 11.3 Å². The van der Waals surface area contributed by atoms with E-state index < -0.39 is 5.41 Å². The molecule has 1 aliphatic carbocycles. The van der Waals surface area contributed by atoms with E-state index in [4.69, 9.17) is 14.7 Å². The third kappa shape index (κ3) is 3.98. The molecule has 5 heterocycles. The number of nitrogens with zero attached hydrogens (tertiary/aromatic N) is 5. The Morgan fingerprint density at radius 1 is 0.564 bits per heavy atom. The number of hydrogen-bond donors (Lipinski definition) is 0. The normalized spacial score (nSPS) is 14.0. The van der Waals surface area contributed by atoms with E-state index in [1.165, 1.54) is 11.1 Å². The van der Waals surface area contributed by atoms with Crippen LogP contribution in [0.1, 0.15) is 27.8 Å². The summed E-state index contributed by atoms with van der Waals surface area (Å²) in [6.07, 6.45) is 3.75. The molecule has 55 heavy (non-hydrogen) atoms. The molecule has 0 N–H and O–H groups in total. The summed E-state index contributed by atoms with van der Waals surface area (Å²) >= 11 is 1.81. The molecule has 12 rings (SSSR count). The quantitative estimate of drug-likeness (QED) is 0.177. The molecule has 3 aliphatic rings. The van der Waals surface area contributed by atoms with E-state index in [1.54, 1.807) is 11.8 Å². The van der Waals surface area contributed by atoms with E-state index in [0.717, 1.165) is 88.4 Å². The molecule has 0 saturated heterocycles. The summed E-state index contributed by atoms with van der Waals surface area (Å²) in [5, 5.41) is 11.9. The molecule has 6 nitrogen and oxygen atoms in total. The zero-order valence-corrected chi connectivity index (χ0v) is 30.0. The number of benzene rings is 6. The molecular weight excluding hydrogens is 695 g/mol. The summed E-state index contributed by atoms with van der Waals surface area (Å²) in [7, 11) is 0. The Hall–Kier alpha value is -7.14. The molecular formula is C48H27N5OS. The molecule has 3 aromatic heterocycles. The number of hydrogen-bond acceptors (Lipinski definition) is 6. The smallest absolute Gasteiger partial charge is 0.151 e. The average molecular weight is 722 g/mol. The van der Waals surface area contributed by atoms with Gasteiger partial charge in [-0.2, -0.15) is 5.26 Å². The highest BCUT2D eigenvalue weighted by Gasteiger charge is 2.53. The zero-order valence-electron chi connectivity index (χ0n) is 29.1. The number of pyridine rings is 2. The van der Waals surface area contributed by atoms with E-state index in [2.05, 4.69) is 131 Å². The van der Waals surface area contributed by atoms with Crippen LogP contribution in [0.2, 0.25) is 0 Å². The van der Waals surface area contributed by atoms with Crippen molar-refractivity contribution in [3.63, 3.8) is 0 Å². The lowest BCUT2D eigenvalue weighted by atomic mass is 9.67. The van der Waals surface area contributed by atoms with E-state index in [-0.39, 0.29) is 0 Å². The van der Waals surface area contributed by atoms with Gasteiger partial charge in [0.25, 0.3) is 0 Å². The van der Waals surface area contributed by atoms with Gasteiger partial charge in [0.15, 0.2) is 11.5 Å². The van der Waals surface area contributed by atoms with Crippen molar-refractivity contribution in [3.05, 3.63) is 192 Å². The van der Waals surface area contributed by atoms with E-state index in [0.29, 0.717) is 5.56 Å². The first-order valence-electron chi connectivity index (χ1n) is 18.2. The number of aromatic nitrogens is 3. The van der Waals surface area contributed by atoms with Gasteiger partial charge >= 0.3 is 0 Å². The average Bonchev–Trinajstić information content (AvgIpc) is 3.73. The lowest BCUT2D eigenvalue weighted by Crippen LogP contribution is -2.34. The molecule has 7 heteroatoms. The van der Waals surface area contributed by atoms with Gasteiger partial charge in [0.2, 0.25) is 0 Å². The second kappa shape index (κ2) is 11.2. The van der Waals surface area contributed by atoms with Crippen LogP contribution in [0.25, 0.3) is 38.9 Å². The van der Waals surface area contributed by atoms with E-state index in [1.807, 2.05) is 48.8 Å². The number of nitriles is 1. The topological polar surface area (TPSA) is 67.0 Å². The summed E-state index contributed by atoms with van der Waals surface area (Å²) in [5.41, 5.74) is 12.6. The van der Waals surface area contributed by atoms with Crippen LogP contribution < -0.4 is 9.64 Å². The number of ether oxygens (including phenoxy) is 1. The second-order valence-corrected chi connectivity index (χ2v) is 15.1. The van der Waals surface area contributed by atoms with Crippen LogP contribution in [-0.2, 0) is 5.41 Å². The fraction of sp³-hybridized carbons (Fsp3) is 0.0208. The summed E-state index contributed by atoms with van der Waals surface area (Å²) < 4.78 is 8.82. The molecule has 0 fully saturated rings. The highest BCUT2D eigenvalue weighted by atomic mass is 32.2. The Morgan fingerprint density at radius 2 is 1.24 bits per heavy atom. The van der Waals surface area contributed by atoms with Crippen LogP contribution in [-0.4, -0.2) is 14.5 Å². The predicted molar refractivity (Wildman–Crippen MR) is 217 cm³/mol. The highest BCUT2D eigenvalue weighted by Crippen LogP contribution is 2.65. The van der Waals surface area contributed by atoms with Gasteiger partial charge in [0, 0.05) is 44.2 Å². The number of anilines is 3. The third-order valence-electron chi connectivity index (χ3n) is 11.3. The summed E-state index contributed by atoms with van der Waals surface area (Å²) in [6, 6.07) is 55.5. The van der Waals surface area contributed by atoms with Crippen molar-refractivity contribution in [2.45, 2.75) is 15.2 Å². The molecule has 2 aliphatic heterocycles. The molecule has 0 unspecified atom stereocenters. The van der Waals surface area contributed by atoms with Gasteiger partial charge in [-0.15, -0.1) is 0 Å². The lowest BCUT2D eigenvalue weighted by Gasteiger charge is -2.43. The minimum absolute atomic E-state index is 0.650. The van der Waals surface area contributed by atoms with Gasteiger partial charge in [-0.1, -0.05) is 78.5 Å². The Bertz CT molecular complexity index is 3070. The SMILES string of the molecule is N#Cc1ccc2c(c1)c1ccccc1n2-c1ccc2c(c1)Sc1cccc(N3c4ccccc4Oc4ccccc43)c1C21c2cccnc2-c2ncccc21. The molecule has 9 aromatic rings. The van der Waals surface area contributed by atoms with Crippen molar-refractivity contribution in [2.24, 2.45) is 0 Å². The van der Waals surface area contributed by atoms with Crippen LogP contribution in [0.3, 0.4) is 0 Å². The Kier molecular flexibility index (Phi) is 6.17. The van der Waals surface area contributed by atoms with Crippen molar-refractivity contribution < 1.29 is 4.74 Å². The Morgan fingerprint density at radius 3 is 1.98 bits per heavy atom. The fourth-order valence-electron chi connectivity index (χ4n) is 9.25. The first-order chi connectivity index (χ1) is 27.2. The predicted octanol–water partition coefficient (Wildman–Crippen LogP) is 11.8. The number of fused-ring (bicyclic) bond motifs is 14. The molecule has 1 spiro atoms. The minimum atomic E-state index is -0.733. The second-order valence-electron chi connectivity index (χ2n) is 14.1. The molecule has 6 aromatic carbocycles. The van der Waals surface area contributed by atoms with E-state index >= 15 is 0 Å². The molecule has 0 radical (unpaired) electrons. The van der Waals surface area contributed by atoms with Crippen LogP contribution in [0.15, 0.2) is 174 Å². The van der Waals surface area contributed by atoms with Gasteiger partial charge in [-0.3, -0.25) is 9.97 Å². The molecule has 0 saturated carbocycles. The maximum atomic E-state index is 9.77. The van der Waals surface area contributed by atoms with Crippen molar-refractivity contribution >= 4 is 50.6 Å². The van der Waals surface area contributed by atoms with Gasteiger partial charge in [0.1, 0.15) is 0 Å². The maximum Gasteiger partial charge on any atom is 0.151 e. The van der Waals surface area contributed by atoms with Crippen molar-refractivity contribution in [3.8, 4) is 34.6 Å². The van der Waals surface area contributed by atoms with Crippen molar-refractivity contribution in [1.29, 1.82) is 5.26 Å². The molecule has 0 amide bonds. The van der Waals surface area contributed by atoms with Crippen LogP contribution in [0.5, 0.6) is 11.5 Å². The van der Waals surface area contributed by atoms with Crippen molar-refractivity contribution in [2.75, 3.05) is 4.90 Å². The standard InChI is InChI=1S/C48H27N5OS/c49-28-29-20-23-37-32(26-29)31-10-1-2-13-36(31)52(37)30-21-22-33-44(27-30)55-43-19-7-16-40(53-38-14-3-5-17-41(38)54-42-18-6-4-15-39(42)53)45(43)48(33)34-11-8-24-50-46(34)47-35(48)12-9-25-51-47/h1-27H. The van der Waals surface area contributed by atoms with Gasteiger partial charge in [0.05, 0.1) is 56.5 Å². The molecule has 256 valence electrons. The number of para-hydroxylation sites is 5. The molecule has 0 bridgehead atoms. The largest absolute Gasteiger partial charge is 0.453 e. The highest BCUT2D eigenvalue weighted by molar-refractivity contribution is 7.99. The molecule has 0 atom stereocenters. The van der Waals surface area contributed by atoms with Gasteiger partial charge < -0.3 is 14.2 Å². The minimum Gasteiger partial charge on any atom is -0.453 e. The van der Waals surface area contributed by atoms with Gasteiger partial charge in [-0.25, -0.2) is 0 Å². The summed E-state index contributed by atoms with van der Waals surface area (Å²) in [4.78, 5) is 14.7. The Balaban J connectivity index is 1.17. The van der Waals surface area contributed by atoms with Crippen LogP contribution in [0.4, 0.5) is 17.1 Å². The van der Waals surface area contributed by atoms with Crippen LogP contribution >= 0.6 is 11.8 Å². The van der Waals surface area contributed by atoms with Gasteiger partial charge in [-0.05, 0) is 102 Å². The summed E-state index contributed by atoms with van der Waals surface area (Å²) in [6.45, 7) is 0. The number of rotatable bonds is 2. The zero-order chi connectivity index (χ0) is 36.3. The maximum absolute atomic E-state index is 9.77. The first-order valence-corrected chi connectivity index (χ1v) is 19.0. The fourth-order valence-corrected chi connectivity index (χ4v) is 10.5. The lowest BCUT2D eigenvalue weighted by molar-refractivity contribution is 0.476.